The van der Waals surface area contributed by atoms with Gasteiger partial charge >= 0.3 is 0 Å². The Morgan fingerprint density at radius 2 is 2.24 bits per heavy atom. The fraction of sp³-hybridized carbons (Fsp3) is 0.643. The van der Waals surface area contributed by atoms with E-state index in [4.69, 9.17) is 0 Å². The third kappa shape index (κ3) is 3.08. The lowest BCUT2D eigenvalue weighted by molar-refractivity contribution is 0.226. The molecule has 3 heteroatoms. The first-order valence-corrected chi connectivity index (χ1v) is 7.31. The van der Waals surface area contributed by atoms with Gasteiger partial charge in [0.2, 0.25) is 0 Å². The van der Waals surface area contributed by atoms with Crippen LogP contribution in [0.15, 0.2) is 17.5 Å². The second-order valence-electron chi connectivity index (χ2n) is 5.08. The van der Waals surface area contributed by atoms with E-state index < -0.39 is 0 Å². The van der Waals surface area contributed by atoms with Crippen molar-refractivity contribution in [3.05, 3.63) is 22.4 Å². The number of nitrogens with one attached hydrogen (secondary N) is 1. The summed E-state index contributed by atoms with van der Waals surface area (Å²) in [6.45, 7) is 2.88. The highest BCUT2D eigenvalue weighted by Gasteiger charge is 2.34. The van der Waals surface area contributed by atoms with Crippen LogP contribution in [0.1, 0.15) is 43.9 Å². The zero-order valence-electron chi connectivity index (χ0n) is 10.4. The Balaban J connectivity index is 1.96. The van der Waals surface area contributed by atoms with E-state index in [9.17, 15) is 5.26 Å². The van der Waals surface area contributed by atoms with Crippen LogP contribution < -0.4 is 5.32 Å². The lowest BCUT2D eigenvalue weighted by Crippen LogP contribution is -2.47. The van der Waals surface area contributed by atoms with Crippen molar-refractivity contribution in [2.45, 2.75) is 51.1 Å². The summed E-state index contributed by atoms with van der Waals surface area (Å²) >= 11 is 1.75. The summed E-state index contributed by atoms with van der Waals surface area (Å²) in [6.07, 6.45) is 6.29. The SMILES string of the molecule is CC(C#N)(NCc1cccs1)C1CCCCC1. The average Bonchev–Trinajstić information content (AvgIpc) is 2.90. The Morgan fingerprint density at radius 3 is 2.82 bits per heavy atom. The molecule has 1 atom stereocenters. The monoisotopic (exact) mass is 248 g/mol. The van der Waals surface area contributed by atoms with E-state index in [0.717, 1.165) is 6.54 Å². The fourth-order valence-corrected chi connectivity index (χ4v) is 3.28. The van der Waals surface area contributed by atoms with Gasteiger partial charge in [-0.2, -0.15) is 5.26 Å². The summed E-state index contributed by atoms with van der Waals surface area (Å²) < 4.78 is 0. The molecule has 1 heterocycles. The van der Waals surface area contributed by atoms with Crippen LogP contribution >= 0.6 is 11.3 Å². The molecule has 0 saturated heterocycles. The van der Waals surface area contributed by atoms with Gasteiger partial charge < -0.3 is 0 Å². The summed E-state index contributed by atoms with van der Waals surface area (Å²) in [5.41, 5.74) is -0.357. The van der Waals surface area contributed by atoms with Crippen LogP contribution in [0.5, 0.6) is 0 Å². The Bertz CT molecular complexity index is 373. The Kier molecular flexibility index (Phi) is 4.20. The van der Waals surface area contributed by atoms with Gasteiger partial charge in [0.25, 0.3) is 0 Å². The molecule has 1 fully saturated rings. The molecule has 0 amide bonds. The number of nitrogens with zero attached hydrogens (tertiary/aromatic N) is 1. The highest BCUT2D eigenvalue weighted by Crippen LogP contribution is 2.32. The van der Waals surface area contributed by atoms with Crippen molar-refractivity contribution in [3.63, 3.8) is 0 Å². The fourth-order valence-electron chi connectivity index (χ4n) is 2.64. The Hall–Kier alpha value is -0.850. The molecule has 1 aromatic heterocycles. The highest BCUT2D eigenvalue weighted by molar-refractivity contribution is 7.09. The second kappa shape index (κ2) is 5.66. The van der Waals surface area contributed by atoms with E-state index in [-0.39, 0.29) is 5.54 Å². The van der Waals surface area contributed by atoms with Crippen molar-refractivity contribution in [1.82, 2.24) is 5.32 Å². The van der Waals surface area contributed by atoms with Crippen LogP contribution in [0.25, 0.3) is 0 Å². The smallest absolute Gasteiger partial charge is 0.107 e. The van der Waals surface area contributed by atoms with Gasteiger partial charge in [-0.1, -0.05) is 25.3 Å². The zero-order chi connectivity index (χ0) is 12.1. The van der Waals surface area contributed by atoms with E-state index in [1.165, 1.54) is 37.0 Å². The molecule has 0 aromatic carbocycles. The summed E-state index contributed by atoms with van der Waals surface area (Å²) in [7, 11) is 0. The number of hydrogen-bond acceptors (Lipinski definition) is 3. The molecule has 0 spiro atoms. The van der Waals surface area contributed by atoms with Crippen LogP contribution in [0.4, 0.5) is 0 Å². The van der Waals surface area contributed by atoms with E-state index in [2.05, 4.69) is 35.8 Å². The Labute approximate surface area is 108 Å². The van der Waals surface area contributed by atoms with E-state index >= 15 is 0 Å². The molecule has 92 valence electrons. The molecule has 17 heavy (non-hydrogen) atoms. The standard InChI is InChI=1S/C14H20N2S/c1-14(11-15,12-6-3-2-4-7-12)16-10-13-8-5-9-17-13/h5,8-9,12,16H,2-4,6-7,10H2,1H3. The average molecular weight is 248 g/mol. The highest BCUT2D eigenvalue weighted by atomic mass is 32.1. The normalized spacial score (nSPS) is 20.7. The van der Waals surface area contributed by atoms with Crippen molar-refractivity contribution in [2.24, 2.45) is 5.92 Å². The molecular formula is C14H20N2S. The molecule has 1 aromatic rings. The van der Waals surface area contributed by atoms with Gasteiger partial charge in [0.15, 0.2) is 0 Å². The molecule has 2 nitrogen and oxygen atoms in total. The molecule has 0 radical (unpaired) electrons. The van der Waals surface area contributed by atoms with Gasteiger partial charge in [-0.05, 0) is 37.1 Å². The van der Waals surface area contributed by atoms with Crippen molar-refractivity contribution in [2.75, 3.05) is 0 Å². The van der Waals surface area contributed by atoms with Crippen molar-refractivity contribution < 1.29 is 0 Å². The maximum atomic E-state index is 9.46. The van der Waals surface area contributed by atoms with Gasteiger partial charge in [-0.25, -0.2) is 0 Å². The third-order valence-corrected chi connectivity index (χ3v) is 4.74. The lowest BCUT2D eigenvalue weighted by Gasteiger charge is -2.35. The number of hydrogen-bond donors (Lipinski definition) is 1. The third-order valence-electron chi connectivity index (χ3n) is 3.86. The van der Waals surface area contributed by atoms with Gasteiger partial charge in [0.05, 0.1) is 6.07 Å². The van der Waals surface area contributed by atoms with Crippen LogP contribution in [0, 0.1) is 17.2 Å². The van der Waals surface area contributed by atoms with Gasteiger partial charge in [0.1, 0.15) is 5.54 Å². The summed E-state index contributed by atoms with van der Waals surface area (Å²) in [5.74, 6) is 0.515. The lowest BCUT2D eigenvalue weighted by atomic mass is 9.76. The van der Waals surface area contributed by atoms with Crippen LogP contribution in [0.2, 0.25) is 0 Å². The van der Waals surface area contributed by atoms with E-state index in [0.29, 0.717) is 5.92 Å². The number of nitriles is 1. The van der Waals surface area contributed by atoms with Gasteiger partial charge in [0, 0.05) is 11.4 Å². The first-order chi connectivity index (χ1) is 8.24. The summed E-state index contributed by atoms with van der Waals surface area (Å²) in [4.78, 5) is 1.31. The largest absolute Gasteiger partial charge is 0.294 e. The summed E-state index contributed by atoms with van der Waals surface area (Å²) in [5, 5.41) is 15.0. The maximum absolute atomic E-state index is 9.46. The molecular weight excluding hydrogens is 228 g/mol. The molecule has 1 saturated carbocycles. The number of thiophene rings is 1. The van der Waals surface area contributed by atoms with Crippen molar-refractivity contribution in [1.29, 1.82) is 5.26 Å². The van der Waals surface area contributed by atoms with E-state index in [1.54, 1.807) is 11.3 Å². The molecule has 0 bridgehead atoms. The van der Waals surface area contributed by atoms with Gasteiger partial charge in [-0.15, -0.1) is 11.3 Å². The predicted octanol–water partition coefficient (Wildman–Crippen LogP) is 3.70. The minimum atomic E-state index is -0.357. The minimum absolute atomic E-state index is 0.357. The topological polar surface area (TPSA) is 35.8 Å². The molecule has 1 aliphatic carbocycles. The molecule has 0 aliphatic heterocycles. The molecule has 1 unspecified atom stereocenters. The Morgan fingerprint density at radius 1 is 1.47 bits per heavy atom. The molecule has 1 N–H and O–H groups in total. The van der Waals surface area contributed by atoms with Crippen LogP contribution in [0.3, 0.4) is 0 Å². The quantitative estimate of drug-likeness (QED) is 0.882. The van der Waals surface area contributed by atoms with Crippen LogP contribution in [-0.4, -0.2) is 5.54 Å². The molecule has 2 rings (SSSR count). The van der Waals surface area contributed by atoms with Crippen molar-refractivity contribution in [3.8, 4) is 6.07 Å². The van der Waals surface area contributed by atoms with E-state index in [1.807, 2.05) is 0 Å². The zero-order valence-corrected chi connectivity index (χ0v) is 11.2. The van der Waals surface area contributed by atoms with Crippen LogP contribution in [-0.2, 0) is 6.54 Å². The first-order valence-electron chi connectivity index (χ1n) is 6.43. The maximum Gasteiger partial charge on any atom is 0.107 e. The summed E-state index contributed by atoms with van der Waals surface area (Å²) in [6, 6.07) is 6.69. The second-order valence-corrected chi connectivity index (χ2v) is 6.11. The first kappa shape index (κ1) is 12.6. The van der Waals surface area contributed by atoms with Crippen molar-refractivity contribution >= 4 is 11.3 Å². The predicted molar refractivity (Wildman–Crippen MR) is 71.8 cm³/mol. The van der Waals surface area contributed by atoms with Gasteiger partial charge in [-0.3, -0.25) is 5.32 Å². The number of rotatable bonds is 4. The minimum Gasteiger partial charge on any atom is -0.294 e. The molecule has 1 aliphatic rings.